The highest BCUT2D eigenvalue weighted by Gasteiger charge is 2.24. The normalized spacial score (nSPS) is 22.8. The molecule has 90 valence electrons. The Morgan fingerprint density at radius 1 is 1.44 bits per heavy atom. The number of nitrogens with two attached hydrogens (primary N) is 1. The first kappa shape index (κ1) is 13.5. The molecule has 0 spiro atoms. The Kier molecular flexibility index (Phi) is 4.78. The van der Waals surface area contributed by atoms with Gasteiger partial charge in [-0.15, -0.1) is 12.4 Å². The summed E-state index contributed by atoms with van der Waals surface area (Å²) in [5.74, 6) is 0. The second-order valence-electron chi connectivity index (χ2n) is 4.63. The highest BCUT2D eigenvalue weighted by molar-refractivity contribution is 5.85. The van der Waals surface area contributed by atoms with Gasteiger partial charge in [0, 0.05) is 25.2 Å². The molecule has 0 radical (unpaired) electrons. The second-order valence-corrected chi connectivity index (χ2v) is 4.63. The highest BCUT2D eigenvalue weighted by atomic mass is 35.5. The van der Waals surface area contributed by atoms with E-state index in [1.807, 2.05) is 0 Å². The van der Waals surface area contributed by atoms with Crippen LogP contribution in [0, 0.1) is 6.92 Å². The standard InChI is InChI=1S/C13H20N2.ClH/c1-10-4-3-5-12(8-10)11(2)15-7-6-13(14)9-15;/h3-5,8,11,13H,6-7,9,14H2,1-2H3;1H. The fraction of sp³-hybridized carbons (Fsp3) is 0.538. The predicted octanol–water partition coefficient (Wildman–Crippen LogP) is 2.51. The van der Waals surface area contributed by atoms with E-state index in [0.29, 0.717) is 12.1 Å². The third-order valence-corrected chi connectivity index (χ3v) is 3.33. The first-order valence-electron chi connectivity index (χ1n) is 5.73. The van der Waals surface area contributed by atoms with Crippen LogP contribution in [0.1, 0.15) is 30.5 Å². The monoisotopic (exact) mass is 240 g/mol. The molecule has 3 heteroatoms. The van der Waals surface area contributed by atoms with Crippen LogP contribution >= 0.6 is 12.4 Å². The van der Waals surface area contributed by atoms with E-state index in [1.165, 1.54) is 11.1 Å². The lowest BCUT2D eigenvalue weighted by molar-refractivity contribution is 0.260. The van der Waals surface area contributed by atoms with Gasteiger partial charge in [-0.3, -0.25) is 4.90 Å². The van der Waals surface area contributed by atoms with Crippen molar-refractivity contribution in [1.82, 2.24) is 4.90 Å². The molecule has 16 heavy (non-hydrogen) atoms. The lowest BCUT2D eigenvalue weighted by Crippen LogP contribution is -2.28. The van der Waals surface area contributed by atoms with Gasteiger partial charge in [0.15, 0.2) is 0 Å². The Labute approximate surface area is 104 Å². The summed E-state index contributed by atoms with van der Waals surface area (Å²) in [6, 6.07) is 9.63. The molecular formula is C13H21ClN2. The van der Waals surface area contributed by atoms with Crippen molar-refractivity contribution in [1.29, 1.82) is 0 Å². The molecule has 1 fully saturated rings. The first-order valence-corrected chi connectivity index (χ1v) is 5.73. The number of likely N-dealkylation sites (tertiary alicyclic amines) is 1. The maximum Gasteiger partial charge on any atom is 0.0320 e. The van der Waals surface area contributed by atoms with E-state index in [2.05, 4.69) is 43.0 Å². The van der Waals surface area contributed by atoms with Crippen LogP contribution in [0.4, 0.5) is 0 Å². The van der Waals surface area contributed by atoms with Crippen molar-refractivity contribution in [3.63, 3.8) is 0 Å². The van der Waals surface area contributed by atoms with Gasteiger partial charge in [0.25, 0.3) is 0 Å². The van der Waals surface area contributed by atoms with E-state index in [9.17, 15) is 0 Å². The molecular weight excluding hydrogens is 220 g/mol. The summed E-state index contributed by atoms with van der Waals surface area (Å²) in [7, 11) is 0. The minimum absolute atomic E-state index is 0. The number of aryl methyl sites for hydroxylation is 1. The molecule has 0 bridgehead atoms. The van der Waals surface area contributed by atoms with Gasteiger partial charge in [-0.05, 0) is 25.8 Å². The van der Waals surface area contributed by atoms with Crippen molar-refractivity contribution in [3.8, 4) is 0 Å². The Morgan fingerprint density at radius 3 is 2.75 bits per heavy atom. The predicted molar refractivity (Wildman–Crippen MR) is 71.0 cm³/mol. The average molecular weight is 241 g/mol. The SMILES string of the molecule is Cc1cccc(C(C)N2CCC(N)C2)c1.Cl. The smallest absolute Gasteiger partial charge is 0.0320 e. The number of hydrogen-bond donors (Lipinski definition) is 1. The summed E-state index contributed by atoms with van der Waals surface area (Å²) < 4.78 is 0. The summed E-state index contributed by atoms with van der Waals surface area (Å²) >= 11 is 0. The van der Waals surface area contributed by atoms with E-state index in [-0.39, 0.29) is 12.4 Å². The molecule has 0 aliphatic carbocycles. The Morgan fingerprint density at radius 2 is 2.19 bits per heavy atom. The maximum atomic E-state index is 5.93. The van der Waals surface area contributed by atoms with Crippen LogP contribution in [0.3, 0.4) is 0 Å². The third kappa shape index (κ3) is 2.97. The summed E-state index contributed by atoms with van der Waals surface area (Å²) in [5.41, 5.74) is 8.67. The molecule has 1 aromatic carbocycles. The summed E-state index contributed by atoms with van der Waals surface area (Å²) in [5, 5.41) is 0. The van der Waals surface area contributed by atoms with Crippen LogP contribution in [0.25, 0.3) is 0 Å². The van der Waals surface area contributed by atoms with Crippen LogP contribution in [0.5, 0.6) is 0 Å². The number of nitrogens with zero attached hydrogens (tertiary/aromatic N) is 1. The lowest BCUT2D eigenvalue weighted by atomic mass is 10.0. The number of halogens is 1. The van der Waals surface area contributed by atoms with Crippen molar-refractivity contribution < 1.29 is 0 Å². The summed E-state index contributed by atoms with van der Waals surface area (Å²) in [6.07, 6.45) is 1.14. The van der Waals surface area contributed by atoms with Crippen molar-refractivity contribution in [3.05, 3.63) is 35.4 Å². The van der Waals surface area contributed by atoms with Crippen molar-refractivity contribution in [2.24, 2.45) is 5.73 Å². The van der Waals surface area contributed by atoms with E-state index < -0.39 is 0 Å². The number of benzene rings is 1. The Bertz CT molecular complexity index is 340. The van der Waals surface area contributed by atoms with Gasteiger partial charge in [-0.2, -0.15) is 0 Å². The van der Waals surface area contributed by atoms with Gasteiger partial charge < -0.3 is 5.73 Å². The minimum atomic E-state index is 0. The molecule has 1 aliphatic heterocycles. The molecule has 0 aromatic heterocycles. The van der Waals surface area contributed by atoms with Crippen LogP contribution in [-0.4, -0.2) is 24.0 Å². The van der Waals surface area contributed by atoms with Gasteiger partial charge in [0.2, 0.25) is 0 Å². The zero-order valence-corrected chi connectivity index (χ0v) is 10.8. The first-order chi connectivity index (χ1) is 7.16. The zero-order chi connectivity index (χ0) is 10.8. The van der Waals surface area contributed by atoms with Gasteiger partial charge >= 0.3 is 0 Å². The van der Waals surface area contributed by atoms with Crippen molar-refractivity contribution >= 4 is 12.4 Å². The van der Waals surface area contributed by atoms with Gasteiger partial charge in [-0.1, -0.05) is 29.8 Å². The van der Waals surface area contributed by atoms with Gasteiger partial charge in [0.05, 0.1) is 0 Å². The topological polar surface area (TPSA) is 29.3 Å². The van der Waals surface area contributed by atoms with Crippen LogP contribution in [-0.2, 0) is 0 Å². The maximum absolute atomic E-state index is 5.93. The molecule has 0 amide bonds. The van der Waals surface area contributed by atoms with Crippen molar-refractivity contribution in [2.45, 2.75) is 32.4 Å². The number of rotatable bonds is 2. The second kappa shape index (κ2) is 5.67. The fourth-order valence-corrected chi connectivity index (χ4v) is 2.31. The van der Waals surface area contributed by atoms with E-state index >= 15 is 0 Å². The van der Waals surface area contributed by atoms with Crippen LogP contribution in [0.15, 0.2) is 24.3 Å². The molecule has 2 atom stereocenters. The molecule has 1 saturated heterocycles. The fourth-order valence-electron chi connectivity index (χ4n) is 2.31. The lowest BCUT2D eigenvalue weighted by Gasteiger charge is -2.24. The molecule has 2 N–H and O–H groups in total. The number of hydrogen-bond acceptors (Lipinski definition) is 2. The van der Waals surface area contributed by atoms with Crippen molar-refractivity contribution in [2.75, 3.05) is 13.1 Å². The molecule has 1 aliphatic rings. The zero-order valence-electron chi connectivity index (χ0n) is 10.0. The molecule has 1 aromatic rings. The van der Waals surface area contributed by atoms with E-state index in [1.54, 1.807) is 0 Å². The third-order valence-electron chi connectivity index (χ3n) is 3.33. The van der Waals surface area contributed by atoms with Crippen LogP contribution in [0.2, 0.25) is 0 Å². The summed E-state index contributed by atoms with van der Waals surface area (Å²) in [4.78, 5) is 2.47. The quantitative estimate of drug-likeness (QED) is 0.861. The molecule has 2 rings (SSSR count). The minimum Gasteiger partial charge on any atom is -0.326 e. The largest absolute Gasteiger partial charge is 0.326 e. The average Bonchev–Trinajstić information content (AvgIpc) is 2.64. The molecule has 0 saturated carbocycles. The Hall–Kier alpha value is -0.570. The molecule has 2 unspecified atom stereocenters. The molecule has 1 heterocycles. The molecule has 2 nitrogen and oxygen atoms in total. The van der Waals surface area contributed by atoms with Gasteiger partial charge in [-0.25, -0.2) is 0 Å². The van der Waals surface area contributed by atoms with Gasteiger partial charge in [0.1, 0.15) is 0 Å². The highest BCUT2D eigenvalue weighted by Crippen LogP contribution is 2.24. The van der Waals surface area contributed by atoms with E-state index in [0.717, 1.165) is 19.5 Å². The van der Waals surface area contributed by atoms with E-state index in [4.69, 9.17) is 5.73 Å². The Balaban J connectivity index is 0.00000128. The van der Waals surface area contributed by atoms with Crippen LogP contribution < -0.4 is 5.73 Å². The summed E-state index contributed by atoms with van der Waals surface area (Å²) in [6.45, 7) is 6.59.